The van der Waals surface area contributed by atoms with Gasteiger partial charge in [-0.3, -0.25) is 14.4 Å². The topological polar surface area (TPSA) is 111 Å². The number of hydrogen-bond donors (Lipinski definition) is 4. The van der Waals surface area contributed by atoms with Crippen molar-refractivity contribution >= 4 is 35.3 Å². The van der Waals surface area contributed by atoms with Crippen LogP contribution in [-0.4, -0.2) is 40.3 Å². The van der Waals surface area contributed by atoms with Crippen LogP contribution in [0.5, 0.6) is 5.75 Å². The average molecular weight is 599 g/mol. The van der Waals surface area contributed by atoms with E-state index in [4.69, 9.17) is 0 Å². The molecule has 0 aromatic heterocycles. The number of likely N-dealkylation sites (tertiary alicyclic amines) is 1. The van der Waals surface area contributed by atoms with E-state index >= 15 is 4.39 Å². The van der Waals surface area contributed by atoms with Crippen LogP contribution in [-0.2, 0) is 9.59 Å². The van der Waals surface area contributed by atoms with Crippen LogP contribution in [0.25, 0.3) is 0 Å². The number of aromatic hydroxyl groups is 1. The molecule has 3 aromatic rings. The summed E-state index contributed by atoms with van der Waals surface area (Å²) < 4.78 is 15.3. The van der Waals surface area contributed by atoms with E-state index in [1.54, 1.807) is 30.0 Å². The van der Waals surface area contributed by atoms with E-state index in [1.807, 2.05) is 24.3 Å². The molecule has 1 heterocycles. The second kappa shape index (κ2) is 12.7. The van der Waals surface area contributed by atoms with Crippen molar-refractivity contribution in [2.75, 3.05) is 16.0 Å². The predicted molar refractivity (Wildman–Crippen MR) is 168 cm³/mol. The zero-order valence-electron chi connectivity index (χ0n) is 24.9. The zero-order valence-corrected chi connectivity index (χ0v) is 24.9. The summed E-state index contributed by atoms with van der Waals surface area (Å²) in [5.41, 5.74) is 3.03. The molecule has 4 atom stereocenters. The number of phenolic OH excluding ortho intramolecular Hbond substituents is 1. The van der Waals surface area contributed by atoms with E-state index in [9.17, 15) is 19.5 Å². The normalized spacial score (nSPS) is 23.2. The van der Waals surface area contributed by atoms with Crippen LogP contribution < -0.4 is 16.0 Å². The van der Waals surface area contributed by atoms with Crippen LogP contribution in [0.4, 0.5) is 21.5 Å². The first kappa shape index (κ1) is 29.7. The number of amides is 3. The third-order valence-electron chi connectivity index (χ3n) is 9.68. The molecule has 3 aromatic carbocycles. The summed E-state index contributed by atoms with van der Waals surface area (Å²) in [6.45, 7) is 1.74. The number of aryl methyl sites for hydroxylation is 1. The van der Waals surface area contributed by atoms with Gasteiger partial charge in [0.2, 0.25) is 12.3 Å². The Hall–Kier alpha value is -4.40. The lowest BCUT2D eigenvalue weighted by molar-refractivity contribution is -0.125. The van der Waals surface area contributed by atoms with Crippen LogP contribution >= 0.6 is 0 Å². The van der Waals surface area contributed by atoms with Crippen LogP contribution in [0.15, 0.2) is 60.7 Å². The molecular weight excluding hydrogens is 559 g/mol. The Morgan fingerprint density at radius 3 is 2.41 bits per heavy atom. The first-order chi connectivity index (χ1) is 21.3. The van der Waals surface area contributed by atoms with Crippen molar-refractivity contribution in [3.8, 4) is 5.75 Å². The van der Waals surface area contributed by atoms with Gasteiger partial charge < -0.3 is 26.0 Å². The zero-order chi connectivity index (χ0) is 30.8. The first-order valence-electron chi connectivity index (χ1n) is 15.6. The highest BCUT2D eigenvalue weighted by molar-refractivity contribution is 5.98. The first-order valence-corrected chi connectivity index (χ1v) is 15.6. The summed E-state index contributed by atoms with van der Waals surface area (Å²) >= 11 is 0. The quantitative estimate of drug-likeness (QED) is 0.169. The van der Waals surface area contributed by atoms with Crippen molar-refractivity contribution in [1.29, 1.82) is 0 Å². The molecule has 230 valence electrons. The highest BCUT2D eigenvalue weighted by atomic mass is 19.1. The minimum Gasteiger partial charge on any atom is -0.506 e. The molecule has 1 saturated heterocycles. The number of hydrogen-bond acceptors (Lipinski definition) is 5. The van der Waals surface area contributed by atoms with Gasteiger partial charge >= 0.3 is 0 Å². The Bertz CT molecular complexity index is 1520. The van der Waals surface area contributed by atoms with Crippen molar-refractivity contribution in [3.05, 3.63) is 83.2 Å². The lowest BCUT2D eigenvalue weighted by Gasteiger charge is -2.48. The minimum absolute atomic E-state index is 0.0481. The third-order valence-corrected chi connectivity index (χ3v) is 9.68. The molecule has 3 fully saturated rings. The van der Waals surface area contributed by atoms with Gasteiger partial charge in [-0.15, -0.1) is 0 Å². The lowest BCUT2D eigenvalue weighted by atomic mass is 9.76. The Kier molecular flexibility index (Phi) is 8.55. The number of nitrogens with one attached hydrogen (secondary N) is 3. The number of rotatable bonds is 8. The van der Waals surface area contributed by atoms with Crippen molar-refractivity contribution in [2.45, 2.75) is 76.4 Å². The molecule has 0 radical (unpaired) electrons. The smallest absolute Gasteiger partial charge is 0.257 e. The van der Waals surface area contributed by atoms with Gasteiger partial charge in [0.05, 0.1) is 23.2 Å². The van der Waals surface area contributed by atoms with E-state index < -0.39 is 23.7 Å². The van der Waals surface area contributed by atoms with Gasteiger partial charge in [0, 0.05) is 29.5 Å². The second-order valence-corrected chi connectivity index (χ2v) is 12.4. The molecule has 4 N–H and O–H groups in total. The molecule has 2 aliphatic carbocycles. The van der Waals surface area contributed by atoms with Gasteiger partial charge in [-0.1, -0.05) is 43.5 Å². The minimum atomic E-state index is -0.619. The summed E-state index contributed by atoms with van der Waals surface area (Å²) in [7, 11) is 0. The Balaban J connectivity index is 1.38. The number of nitrogens with zero attached hydrogens (tertiary/aromatic N) is 1. The van der Waals surface area contributed by atoms with Gasteiger partial charge in [0.15, 0.2) is 0 Å². The van der Waals surface area contributed by atoms with Crippen molar-refractivity contribution in [1.82, 2.24) is 4.90 Å². The fourth-order valence-corrected chi connectivity index (χ4v) is 7.58. The van der Waals surface area contributed by atoms with E-state index in [2.05, 4.69) is 16.0 Å². The van der Waals surface area contributed by atoms with Gasteiger partial charge in [-0.25, -0.2) is 4.39 Å². The number of halogens is 1. The summed E-state index contributed by atoms with van der Waals surface area (Å²) in [6, 6.07) is 16.9. The molecule has 6 rings (SSSR count). The number of fused-ring (bicyclic) bond motifs is 1. The standard InChI is InChI=1S/C35H39FN4O4/c1-21-6-4-10-28(36)32(21)35(44)40-30-11-5-7-23(30)18-27(34(43)39-26-16-17-29(37-20-41)31(42)19-26)33(40)22-12-14-25(15-13-22)38-24-8-2-3-9-24/h4,6,10,12-17,19-20,23-24,27,30,33,38,42H,2-3,5,7-9,11,18H2,1H3,(H,37,41)(H,39,43)/t23-,27+,30-,33+/m1/s1. The second-order valence-electron chi connectivity index (χ2n) is 12.4. The maximum atomic E-state index is 15.3. The van der Waals surface area contributed by atoms with Crippen molar-refractivity contribution in [3.63, 3.8) is 0 Å². The molecule has 0 unspecified atom stereocenters. The molecular formula is C35H39FN4O4. The number of phenols is 1. The number of carbonyl (C=O) groups is 3. The molecule has 2 saturated carbocycles. The molecule has 3 aliphatic rings. The van der Waals surface area contributed by atoms with Gasteiger partial charge in [0.1, 0.15) is 11.6 Å². The summed E-state index contributed by atoms with van der Waals surface area (Å²) in [5, 5.41) is 19.3. The molecule has 8 nitrogen and oxygen atoms in total. The Labute approximate surface area is 257 Å². The lowest BCUT2D eigenvalue weighted by Crippen LogP contribution is -2.54. The summed E-state index contributed by atoms with van der Waals surface area (Å²) in [5.74, 6) is -1.93. The van der Waals surface area contributed by atoms with Crippen LogP contribution in [0.3, 0.4) is 0 Å². The Morgan fingerprint density at radius 1 is 0.955 bits per heavy atom. The molecule has 1 aliphatic heterocycles. The summed E-state index contributed by atoms with van der Waals surface area (Å²) in [4.78, 5) is 41.2. The van der Waals surface area contributed by atoms with Crippen LogP contribution in [0.2, 0.25) is 0 Å². The number of carbonyl (C=O) groups excluding carboxylic acids is 3. The average Bonchev–Trinajstić information content (AvgIpc) is 3.70. The van der Waals surface area contributed by atoms with Crippen molar-refractivity contribution < 1.29 is 23.9 Å². The van der Waals surface area contributed by atoms with E-state index in [1.165, 1.54) is 31.0 Å². The monoisotopic (exact) mass is 598 g/mol. The van der Waals surface area contributed by atoms with Gasteiger partial charge in [-0.2, -0.15) is 0 Å². The van der Waals surface area contributed by atoms with E-state index in [0.717, 1.165) is 43.4 Å². The van der Waals surface area contributed by atoms with Crippen molar-refractivity contribution in [2.24, 2.45) is 11.8 Å². The SMILES string of the molecule is Cc1cccc(F)c1C(=O)N1[C@@H]2CCC[C@@H]2C[C@H](C(=O)Nc2ccc(NC=O)c(O)c2)[C@@H]1c1ccc(NC2CCCC2)cc1. The predicted octanol–water partition coefficient (Wildman–Crippen LogP) is 6.77. The number of benzene rings is 3. The maximum absolute atomic E-state index is 15.3. The van der Waals surface area contributed by atoms with Gasteiger partial charge in [-0.05, 0) is 86.4 Å². The van der Waals surface area contributed by atoms with E-state index in [-0.39, 0.29) is 34.9 Å². The van der Waals surface area contributed by atoms with Crippen LogP contribution in [0.1, 0.15) is 78.9 Å². The molecule has 3 amide bonds. The molecule has 9 heteroatoms. The highest BCUT2D eigenvalue weighted by Crippen LogP contribution is 2.49. The van der Waals surface area contributed by atoms with Crippen LogP contribution in [0, 0.1) is 24.6 Å². The fraction of sp³-hybridized carbons (Fsp3) is 0.400. The van der Waals surface area contributed by atoms with E-state index in [0.29, 0.717) is 30.1 Å². The fourth-order valence-electron chi connectivity index (χ4n) is 7.58. The Morgan fingerprint density at radius 2 is 1.70 bits per heavy atom. The largest absolute Gasteiger partial charge is 0.506 e. The summed E-state index contributed by atoms with van der Waals surface area (Å²) in [6.07, 6.45) is 8.39. The third kappa shape index (κ3) is 5.87. The maximum Gasteiger partial charge on any atom is 0.257 e. The molecule has 44 heavy (non-hydrogen) atoms. The number of piperidine rings is 1. The molecule has 0 bridgehead atoms. The number of anilines is 3. The highest BCUT2D eigenvalue weighted by Gasteiger charge is 2.50. The van der Waals surface area contributed by atoms with Gasteiger partial charge in [0.25, 0.3) is 5.91 Å². The molecule has 0 spiro atoms.